The second-order valence-electron chi connectivity index (χ2n) is 3.62. The van der Waals surface area contributed by atoms with Crippen LogP contribution < -0.4 is 0 Å². The van der Waals surface area contributed by atoms with Crippen LogP contribution in [0, 0.1) is 0 Å². The molecule has 72 valence electrons. The molecule has 1 atom stereocenters. The van der Waals surface area contributed by atoms with Crippen molar-refractivity contribution in [3.05, 3.63) is 12.7 Å². The van der Waals surface area contributed by atoms with Crippen molar-refractivity contribution in [1.82, 2.24) is 19.7 Å². The standard InChI is InChI=1S/C9H16N4/c1-2-4-12-5-3-9(6-12)13-8-10-7-11-13/h7-9H,2-6H2,1H3. The summed E-state index contributed by atoms with van der Waals surface area (Å²) in [4.78, 5) is 6.46. The van der Waals surface area contributed by atoms with E-state index in [9.17, 15) is 0 Å². The molecule has 0 bridgehead atoms. The lowest BCUT2D eigenvalue weighted by molar-refractivity contribution is 0.319. The first kappa shape index (κ1) is 8.69. The molecule has 1 saturated heterocycles. The zero-order valence-corrected chi connectivity index (χ0v) is 8.06. The molecule has 2 rings (SSSR count). The topological polar surface area (TPSA) is 34.0 Å². The van der Waals surface area contributed by atoms with E-state index in [0.29, 0.717) is 6.04 Å². The van der Waals surface area contributed by atoms with Gasteiger partial charge in [-0.25, -0.2) is 9.67 Å². The quantitative estimate of drug-likeness (QED) is 0.694. The molecule has 4 nitrogen and oxygen atoms in total. The van der Waals surface area contributed by atoms with Gasteiger partial charge in [0.2, 0.25) is 0 Å². The van der Waals surface area contributed by atoms with Crippen LogP contribution in [0.4, 0.5) is 0 Å². The second kappa shape index (κ2) is 3.87. The fourth-order valence-electron chi connectivity index (χ4n) is 1.95. The van der Waals surface area contributed by atoms with Gasteiger partial charge in [0, 0.05) is 13.1 Å². The molecule has 0 aromatic carbocycles. The number of nitrogens with zero attached hydrogens (tertiary/aromatic N) is 4. The highest BCUT2D eigenvalue weighted by molar-refractivity contribution is 4.79. The van der Waals surface area contributed by atoms with E-state index in [0.717, 1.165) is 6.54 Å². The minimum atomic E-state index is 0.550. The number of rotatable bonds is 3. The van der Waals surface area contributed by atoms with Crippen LogP contribution in [0.15, 0.2) is 12.7 Å². The minimum absolute atomic E-state index is 0.550. The summed E-state index contributed by atoms with van der Waals surface area (Å²) < 4.78 is 1.98. The molecule has 1 aliphatic rings. The van der Waals surface area contributed by atoms with E-state index in [2.05, 4.69) is 21.9 Å². The van der Waals surface area contributed by atoms with Gasteiger partial charge in [0.05, 0.1) is 6.04 Å². The molecule has 1 aliphatic heterocycles. The van der Waals surface area contributed by atoms with Gasteiger partial charge < -0.3 is 4.90 Å². The van der Waals surface area contributed by atoms with Crippen molar-refractivity contribution in [2.75, 3.05) is 19.6 Å². The molecule has 2 heterocycles. The molecule has 1 unspecified atom stereocenters. The third kappa shape index (κ3) is 1.88. The number of likely N-dealkylation sites (tertiary alicyclic amines) is 1. The average molecular weight is 180 g/mol. The van der Waals surface area contributed by atoms with Crippen LogP contribution >= 0.6 is 0 Å². The summed E-state index contributed by atoms with van der Waals surface area (Å²) in [7, 11) is 0. The highest BCUT2D eigenvalue weighted by Crippen LogP contribution is 2.19. The summed E-state index contributed by atoms with van der Waals surface area (Å²) in [6.07, 6.45) is 5.88. The Kier molecular flexibility index (Phi) is 2.59. The number of hydrogen-bond donors (Lipinski definition) is 0. The summed E-state index contributed by atoms with van der Waals surface area (Å²) in [5.74, 6) is 0. The predicted molar refractivity (Wildman–Crippen MR) is 50.4 cm³/mol. The lowest BCUT2D eigenvalue weighted by atomic mass is 10.3. The monoisotopic (exact) mass is 180 g/mol. The minimum Gasteiger partial charge on any atom is -0.301 e. The Morgan fingerprint density at radius 2 is 2.46 bits per heavy atom. The zero-order valence-electron chi connectivity index (χ0n) is 8.06. The molecule has 0 N–H and O–H groups in total. The van der Waals surface area contributed by atoms with Gasteiger partial charge in [0.25, 0.3) is 0 Å². The second-order valence-corrected chi connectivity index (χ2v) is 3.62. The van der Waals surface area contributed by atoms with Crippen LogP contribution in [-0.4, -0.2) is 39.3 Å². The summed E-state index contributed by atoms with van der Waals surface area (Å²) in [6, 6.07) is 0.550. The highest BCUT2D eigenvalue weighted by Gasteiger charge is 2.23. The van der Waals surface area contributed by atoms with Gasteiger partial charge in [0.15, 0.2) is 0 Å². The maximum Gasteiger partial charge on any atom is 0.137 e. The van der Waals surface area contributed by atoms with Gasteiger partial charge in [-0.15, -0.1) is 0 Å². The van der Waals surface area contributed by atoms with Crippen molar-refractivity contribution >= 4 is 0 Å². The normalized spacial score (nSPS) is 23.9. The van der Waals surface area contributed by atoms with E-state index in [1.165, 1.54) is 25.9 Å². The molecule has 1 fully saturated rings. The van der Waals surface area contributed by atoms with Crippen molar-refractivity contribution in [1.29, 1.82) is 0 Å². The summed E-state index contributed by atoms with van der Waals surface area (Å²) in [6.45, 7) is 5.78. The molecular formula is C9H16N4. The fraction of sp³-hybridized carbons (Fsp3) is 0.778. The van der Waals surface area contributed by atoms with Gasteiger partial charge in [-0.2, -0.15) is 5.10 Å². The summed E-state index contributed by atoms with van der Waals surface area (Å²) >= 11 is 0. The Balaban J connectivity index is 1.91. The summed E-state index contributed by atoms with van der Waals surface area (Å²) in [5, 5.41) is 4.17. The van der Waals surface area contributed by atoms with E-state index in [4.69, 9.17) is 0 Å². The summed E-state index contributed by atoms with van der Waals surface area (Å²) in [5.41, 5.74) is 0. The van der Waals surface area contributed by atoms with Crippen molar-refractivity contribution in [3.63, 3.8) is 0 Å². The first-order valence-corrected chi connectivity index (χ1v) is 4.96. The molecular weight excluding hydrogens is 164 g/mol. The van der Waals surface area contributed by atoms with E-state index < -0.39 is 0 Å². The molecule has 0 saturated carbocycles. The van der Waals surface area contributed by atoms with Crippen LogP contribution in [0.5, 0.6) is 0 Å². The first-order valence-electron chi connectivity index (χ1n) is 4.96. The van der Waals surface area contributed by atoms with Crippen LogP contribution in [0.3, 0.4) is 0 Å². The number of aromatic nitrogens is 3. The lowest BCUT2D eigenvalue weighted by Crippen LogP contribution is -2.22. The van der Waals surface area contributed by atoms with E-state index >= 15 is 0 Å². The Morgan fingerprint density at radius 3 is 3.15 bits per heavy atom. The van der Waals surface area contributed by atoms with Crippen LogP contribution in [0.2, 0.25) is 0 Å². The van der Waals surface area contributed by atoms with Gasteiger partial charge in [0.1, 0.15) is 12.7 Å². The lowest BCUT2D eigenvalue weighted by Gasteiger charge is -2.14. The number of hydrogen-bond acceptors (Lipinski definition) is 3. The Hall–Kier alpha value is -0.900. The van der Waals surface area contributed by atoms with E-state index in [-0.39, 0.29) is 0 Å². The van der Waals surface area contributed by atoms with Crippen molar-refractivity contribution in [2.24, 2.45) is 0 Å². The molecule has 1 aromatic heterocycles. The van der Waals surface area contributed by atoms with Crippen LogP contribution in [0.25, 0.3) is 0 Å². The maximum atomic E-state index is 4.17. The molecule has 0 aliphatic carbocycles. The largest absolute Gasteiger partial charge is 0.301 e. The Bertz CT molecular complexity index is 244. The molecule has 0 radical (unpaired) electrons. The fourth-order valence-corrected chi connectivity index (χ4v) is 1.95. The van der Waals surface area contributed by atoms with Gasteiger partial charge in [-0.3, -0.25) is 0 Å². The molecule has 13 heavy (non-hydrogen) atoms. The van der Waals surface area contributed by atoms with Crippen LogP contribution in [0.1, 0.15) is 25.8 Å². The van der Waals surface area contributed by atoms with Crippen molar-refractivity contribution < 1.29 is 0 Å². The SMILES string of the molecule is CCCN1CCC(n2cncn2)C1. The third-order valence-corrected chi connectivity index (χ3v) is 2.60. The van der Waals surface area contributed by atoms with E-state index in [1.807, 2.05) is 11.0 Å². The third-order valence-electron chi connectivity index (χ3n) is 2.60. The average Bonchev–Trinajstić information content (AvgIpc) is 2.70. The zero-order chi connectivity index (χ0) is 9.10. The van der Waals surface area contributed by atoms with Gasteiger partial charge in [-0.05, 0) is 19.4 Å². The Morgan fingerprint density at radius 1 is 1.54 bits per heavy atom. The molecule has 0 spiro atoms. The predicted octanol–water partition coefficient (Wildman–Crippen LogP) is 0.935. The Labute approximate surface area is 78.6 Å². The molecule has 4 heteroatoms. The first-order chi connectivity index (χ1) is 6.40. The van der Waals surface area contributed by atoms with Crippen molar-refractivity contribution in [3.8, 4) is 0 Å². The van der Waals surface area contributed by atoms with Gasteiger partial charge in [-0.1, -0.05) is 6.92 Å². The van der Waals surface area contributed by atoms with Gasteiger partial charge >= 0.3 is 0 Å². The molecule has 0 amide bonds. The molecule has 1 aromatic rings. The van der Waals surface area contributed by atoms with Crippen LogP contribution in [-0.2, 0) is 0 Å². The van der Waals surface area contributed by atoms with E-state index in [1.54, 1.807) is 6.33 Å². The van der Waals surface area contributed by atoms with Crippen molar-refractivity contribution in [2.45, 2.75) is 25.8 Å². The smallest absolute Gasteiger partial charge is 0.137 e. The highest BCUT2D eigenvalue weighted by atomic mass is 15.4. The maximum absolute atomic E-state index is 4.17.